The average molecular weight is 218 g/mol. The number of hydrogen-bond acceptors (Lipinski definition) is 1. The minimum absolute atomic E-state index is 0.259. The van der Waals surface area contributed by atoms with Crippen LogP contribution in [0.3, 0.4) is 0 Å². The van der Waals surface area contributed by atoms with Gasteiger partial charge in [-0.25, -0.2) is 0 Å². The third-order valence-electron chi connectivity index (χ3n) is 3.54. The minimum Gasteiger partial charge on any atom is -0.396 e. The topological polar surface area (TPSA) is 20.2 Å². The van der Waals surface area contributed by atoms with Gasteiger partial charge in [0, 0.05) is 12.5 Å². The monoisotopic (exact) mass is 218 g/mol. The van der Waals surface area contributed by atoms with E-state index >= 15 is 0 Å². The Morgan fingerprint density at radius 3 is 2.69 bits per heavy atom. The molecule has 1 saturated carbocycles. The molecule has 0 aliphatic heterocycles. The maximum atomic E-state index is 9.34. The van der Waals surface area contributed by atoms with Crippen molar-refractivity contribution in [2.24, 2.45) is 0 Å². The molecular formula is C15H22O. The van der Waals surface area contributed by atoms with Crippen LogP contribution in [0.25, 0.3) is 0 Å². The second kappa shape index (κ2) is 5.01. The van der Waals surface area contributed by atoms with Crippen LogP contribution in [0.4, 0.5) is 0 Å². The van der Waals surface area contributed by atoms with Gasteiger partial charge in [0.2, 0.25) is 0 Å². The van der Waals surface area contributed by atoms with Gasteiger partial charge in [-0.05, 0) is 41.9 Å². The van der Waals surface area contributed by atoms with E-state index in [9.17, 15) is 5.11 Å². The van der Waals surface area contributed by atoms with Crippen molar-refractivity contribution >= 4 is 0 Å². The van der Waals surface area contributed by atoms with Gasteiger partial charge in [0.05, 0.1) is 0 Å². The fourth-order valence-electron chi connectivity index (χ4n) is 2.52. The Bertz CT molecular complexity index is 352. The second-order valence-corrected chi connectivity index (χ2v) is 5.03. The second-order valence-electron chi connectivity index (χ2n) is 5.03. The van der Waals surface area contributed by atoms with Crippen LogP contribution in [0.15, 0.2) is 18.2 Å². The molecule has 0 heterocycles. The van der Waals surface area contributed by atoms with Crippen molar-refractivity contribution in [3.63, 3.8) is 0 Å². The van der Waals surface area contributed by atoms with Crippen LogP contribution < -0.4 is 0 Å². The summed E-state index contributed by atoms with van der Waals surface area (Å²) in [4.78, 5) is 0. The van der Waals surface area contributed by atoms with E-state index in [4.69, 9.17) is 0 Å². The predicted molar refractivity (Wildman–Crippen MR) is 67.9 cm³/mol. The van der Waals surface area contributed by atoms with Crippen molar-refractivity contribution in [2.75, 3.05) is 6.61 Å². The predicted octanol–water partition coefficient (Wildman–Crippen LogP) is 3.61. The van der Waals surface area contributed by atoms with E-state index in [0.29, 0.717) is 0 Å². The average Bonchev–Trinajstić information content (AvgIpc) is 3.12. The molecule has 0 amide bonds. The number of rotatable bonds is 5. The molecule has 88 valence electrons. The van der Waals surface area contributed by atoms with Crippen LogP contribution in [-0.2, 0) is 6.42 Å². The molecule has 1 aromatic rings. The smallest absolute Gasteiger partial charge is 0.0497 e. The van der Waals surface area contributed by atoms with Crippen LogP contribution in [0, 0.1) is 0 Å². The van der Waals surface area contributed by atoms with Crippen LogP contribution in [-0.4, -0.2) is 11.7 Å². The molecule has 0 aromatic heterocycles. The van der Waals surface area contributed by atoms with Gasteiger partial charge in [-0.2, -0.15) is 0 Å². The fraction of sp³-hybridized carbons (Fsp3) is 0.600. The Morgan fingerprint density at radius 2 is 2.12 bits per heavy atom. The maximum absolute atomic E-state index is 9.34. The zero-order valence-corrected chi connectivity index (χ0v) is 10.4. The Hall–Kier alpha value is -0.820. The summed E-state index contributed by atoms with van der Waals surface area (Å²) in [7, 11) is 0. The highest BCUT2D eigenvalue weighted by Gasteiger charge is 2.29. The summed E-state index contributed by atoms with van der Waals surface area (Å²) in [5, 5.41) is 9.34. The van der Waals surface area contributed by atoms with E-state index < -0.39 is 0 Å². The zero-order valence-electron chi connectivity index (χ0n) is 10.4. The molecule has 16 heavy (non-hydrogen) atoms. The molecule has 0 radical (unpaired) electrons. The van der Waals surface area contributed by atoms with Gasteiger partial charge >= 0.3 is 0 Å². The van der Waals surface area contributed by atoms with Crippen molar-refractivity contribution < 1.29 is 5.11 Å². The standard InChI is InChI=1S/C15H22O/c1-3-5-12-6-4-7-14(11(2)10-16)15(12)13-8-9-13/h4,6-7,11,13,16H,3,5,8-10H2,1-2H3. The molecule has 0 saturated heterocycles. The van der Waals surface area contributed by atoms with E-state index in [1.54, 1.807) is 5.56 Å². The van der Waals surface area contributed by atoms with Gasteiger partial charge in [-0.15, -0.1) is 0 Å². The Kier molecular flexibility index (Phi) is 3.65. The number of aliphatic hydroxyl groups is 1. The zero-order chi connectivity index (χ0) is 11.5. The Balaban J connectivity index is 2.38. The van der Waals surface area contributed by atoms with Gasteiger partial charge in [0.25, 0.3) is 0 Å². The molecule has 1 heteroatoms. The summed E-state index contributed by atoms with van der Waals surface area (Å²) in [5.41, 5.74) is 4.46. The molecule has 1 atom stereocenters. The first kappa shape index (κ1) is 11.7. The van der Waals surface area contributed by atoms with Crippen LogP contribution >= 0.6 is 0 Å². The van der Waals surface area contributed by atoms with Gasteiger partial charge in [-0.1, -0.05) is 38.5 Å². The highest BCUT2D eigenvalue weighted by Crippen LogP contribution is 2.45. The fourth-order valence-corrected chi connectivity index (χ4v) is 2.52. The minimum atomic E-state index is 0.259. The van der Waals surface area contributed by atoms with Crippen LogP contribution in [0.5, 0.6) is 0 Å². The maximum Gasteiger partial charge on any atom is 0.0497 e. The van der Waals surface area contributed by atoms with Crippen molar-refractivity contribution in [1.29, 1.82) is 0 Å². The molecule has 0 bridgehead atoms. The molecule has 1 aromatic carbocycles. The first-order valence-electron chi connectivity index (χ1n) is 6.50. The van der Waals surface area contributed by atoms with E-state index in [2.05, 4.69) is 32.0 Å². The van der Waals surface area contributed by atoms with Gasteiger partial charge in [0.1, 0.15) is 0 Å². The van der Waals surface area contributed by atoms with Crippen molar-refractivity contribution in [2.45, 2.75) is 51.4 Å². The van der Waals surface area contributed by atoms with Gasteiger partial charge in [-0.3, -0.25) is 0 Å². The van der Waals surface area contributed by atoms with Crippen molar-refractivity contribution in [3.8, 4) is 0 Å². The third-order valence-corrected chi connectivity index (χ3v) is 3.54. The largest absolute Gasteiger partial charge is 0.396 e. The Labute approximate surface area is 98.5 Å². The summed E-state index contributed by atoms with van der Waals surface area (Å²) < 4.78 is 0. The molecule has 1 fully saturated rings. The molecule has 1 unspecified atom stereocenters. The summed E-state index contributed by atoms with van der Waals surface area (Å²) in [5.74, 6) is 1.07. The van der Waals surface area contributed by atoms with E-state index in [0.717, 1.165) is 5.92 Å². The van der Waals surface area contributed by atoms with Crippen LogP contribution in [0.2, 0.25) is 0 Å². The van der Waals surface area contributed by atoms with E-state index in [-0.39, 0.29) is 12.5 Å². The third kappa shape index (κ3) is 2.30. The van der Waals surface area contributed by atoms with Gasteiger partial charge in [0.15, 0.2) is 0 Å². The quantitative estimate of drug-likeness (QED) is 0.800. The first-order chi connectivity index (χ1) is 7.77. The molecule has 1 aliphatic carbocycles. The summed E-state index contributed by atoms with van der Waals surface area (Å²) >= 11 is 0. The lowest BCUT2D eigenvalue weighted by molar-refractivity contribution is 0.272. The number of aliphatic hydroxyl groups excluding tert-OH is 1. The molecular weight excluding hydrogens is 196 g/mol. The van der Waals surface area contributed by atoms with E-state index in [1.807, 2.05) is 0 Å². The lowest BCUT2D eigenvalue weighted by Crippen LogP contribution is -2.05. The lowest BCUT2D eigenvalue weighted by Gasteiger charge is -2.18. The van der Waals surface area contributed by atoms with E-state index in [1.165, 1.54) is 36.8 Å². The molecule has 0 spiro atoms. The Morgan fingerprint density at radius 1 is 1.38 bits per heavy atom. The molecule has 1 nitrogen and oxygen atoms in total. The lowest BCUT2D eigenvalue weighted by atomic mass is 9.88. The molecule has 2 rings (SSSR count). The van der Waals surface area contributed by atoms with Crippen molar-refractivity contribution in [3.05, 3.63) is 34.9 Å². The number of hydrogen-bond donors (Lipinski definition) is 1. The highest BCUT2D eigenvalue weighted by atomic mass is 16.3. The number of aryl methyl sites for hydroxylation is 1. The van der Waals surface area contributed by atoms with Gasteiger partial charge < -0.3 is 5.11 Å². The number of benzene rings is 1. The van der Waals surface area contributed by atoms with Crippen molar-refractivity contribution in [1.82, 2.24) is 0 Å². The first-order valence-corrected chi connectivity index (χ1v) is 6.50. The summed E-state index contributed by atoms with van der Waals surface area (Å²) in [6, 6.07) is 6.62. The summed E-state index contributed by atoms with van der Waals surface area (Å²) in [6.07, 6.45) is 5.06. The SMILES string of the molecule is CCCc1cccc(C(C)CO)c1C1CC1. The molecule has 1 aliphatic rings. The summed E-state index contributed by atoms with van der Waals surface area (Å²) in [6.45, 7) is 4.62. The molecule has 1 N–H and O–H groups in total. The normalized spacial score (nSPS) is 17.4. The van der Waals surface area contributed by atoms with Crippen LogP contribution in [0.1, 0.15) is 61.6 Å². The highest BCUT2D eigenvalue weighted by molar-refractivity contribution is 5.42.